The Kier molecular flexibility index (Phi) is 9.29. The van der Waals surface area contributed by atoms with Gasteiger partial charge in [-0.05, 0) is 94.4 Å². The molecule has 210 valence electrons. The van der Waals surface area contributed by atoms with E-state index >= 15 is 0 Å². The minimum absolute atomic E-state index is 0.209. The fourth-order valence-electron chi connectivity index (χ4n) is 4.66. The summed E-state index contributed by atoms with van der Waals surface area (Å²) < 4.78 is 21.1. The summed E-state index contributed by atoms with van der Waals surface area (Å²) in [6.07, 6.45) is 1.86. The van der Waals surface area contributed by atoms with Gasteiger partial charge in [-0.1, -0.05) is 59.9 Å². The van der Waals surface area contributed by atoms with Crippen molar-refractivity contribution in [3.63, 3.8) is 0 Å². The van der Waals surface area contributed by atoms with E-state index in [2.05, 4.69) is 50.2 Å². The summed E-state index contributed by atoms with van der Waals surface area (Å²) in [5.41, 5.74) is 3.23. The fraction of sp³-hybridized carbons (Fsp3) is 0.194. The van der Waals surface area contributed by atoms with Gasteiger partial charge in [-0.25, -0.2) is 9.79 Å². The summed E-state index contributed by atoms with van der Waals surface area (Å²) in [7, 11) is 1.57. The second-order valence-corrected chi connectivity index (χ2v) is 12.5. The summed E-state index contributed by atoms with van der Waals surface area (Å²) in [4.78, 5) is 32.3. The van der Waals surface area contributed by atoms with Crippen LogP contribution in [0.3, 0.4) is 0 Å². The molecule has 1 aromatic heterocycles. The number of allylic oxidation sites excluding steroid dienone is 1. The van der Waals surface area contributed by atoms with Gasteiger partial charge in [0, 0.05) is 5.56 Å². The fourth-order valence-corrected chi connectivity index (χ4v) is 7.83. The molecule has 1 aliphatic rings. The quantitative estimate of drug-likeness (QED) is 0.172. The number of hydrogen-bond donors (Lipinski definition) is 0. The standard InChI is InChI=1S/C31H26I2N2O5S/c1-4-39-30(37)26-18(2)34-31-35(27(26)21-12-8-9-13-24(21)38-3)29(36)25(41-31)16-20-14-22(32)28(23(33)15-20)40-17-19-10-6-5-7-11-19/h5-16,27H,4,17H2,1-3H3/b25-16+/t27-/m1/s1. The highest BCUT2D eigenvalue weighted by molar-refractivity contribution is 14.1. The maximum absolute atomic E-state index is 14.0. The lowest BCUT2D eigenvalue weighted by molar-refractivity contribution is -0.139. The van der Waals surface area contributed by atoms with Gasteiger partial charge in [0.2, 0.25) is 0 Å². The van der Waals surface area contributed by atoms with Gasteiger partial charge >= 0.3 is 5.97 Å². The molecule has 3 aromatic carbocycles. The van der Waals surface area contributed by atoms with Crippen LogP contribution in [0.25, 0.3) is 6.08 Å². The van der Waals surface area contributed by atoms with Crippen molar-refractivity contribution < 1.29 is 19.0 Å². The number of ether oxygens (including phenoxy) is 3. The Bertz CT molecular complexity index is 1810. The number of hydrogen-bond acceptors (Lipinski definition) is 7. The van der Waals surface area contributed by atoms with Crippen LogP contribution in [0, 0.1) is 7.14 Å². The molecule has 4 aromatic rings. The van der Waals surface area contributed by atoms with Gasteiger partial charge in [-0.15, -0.1) is 0 Å². The van der Waals surface area contributed by atoms with Crippen LogP contribution < -0.4 is 24.4 Å². The van der Waals surface area contributed by atoms with E-state index in [9.17, 15) is 9.59 Å². The number of halogens is 2. The maximum Gasteiger partial charge on any atom is 0.338 e. The Balaban J connectivity index is 1.59. The van der Waals surface area contributed by atoms with Crippen LogP contribution >= 0.6 is 56.5 Å². The van der Waals surface area contributed by atoms with Gasteiger partial charge in [0.1, 0.15) is 24.1 Å². The zero-order valence-electron chi connectivity index (χ0n) is 22.5. The van der Waals surface area contributed by atoms with Crippen molar-refractivity contribution in [1.29, 1.82) is 0 Å². The van der Waals surface area contributed by atoms with Crippen LogP contribution in [0.15, 0.2) is 87.8 Å². The molecule has 0 bridgehead atoms. The van der Waals surface area contributed by atoms with E-state index in [-0.39, 0.29) is 12.2 Å². The van der Waals surface area contributed by atoms with Crippen molar-refractivity contribution in [2.75, 3.05) is 13.7 Å². The number of nitrogens with zero attached hydrogens (tertiary/aromatic N) is 2. The summed E-state index contributed by atoms with van der Waals surface area (Å²) in [5.74, 6) is 0.868. The first kappa shape index (κ1) is 29.5. The third-order valence-electron chi connectivity index (χ3n) is 6.49. The first-order chi connectivity index (χ1) is 19.8. The van der Waals surface area contributed by atoms with Gasteiger partial charge in [-0.2, -0.15) is 0 Å². The molecule has 1 aliphatic heterocycles. The molecule has 41 heavy (non-hydrogen) atoms. The molecule has 2 heterocycles. The van der Waals surface area contributed by atoms with E-state index in [1.165, 1.54) is 11.3 Å². The van der Waals surface area contributed by atoms with E-state index in [0.29, 0.717) is 38.5 Å². The van der Waals surface area contributed by atoms with E-state index in [1.807, 2.05) is 72.8 Å². The van der Waals surface area contributed by atoms with Crippen molar-refractivity contribution >= 4 is 68.6 Å². The lowest BCUT2D eigenvalue weighted by Crippen LogP contribution is -2.40. The topological polar surface area (TPSA) is 79.1 Å². The molecule has 1 atom stereocenters. The molecule has 0 fully saturated rings. The van der Waals surface area contributed by atoms with E-state index in [0.717, 1.165) is 24.0 Å². The summed E-state index contributed by atoms with van der Waals surface area (Å²) in [6, 6.07) is 20.6. The average molecular weight is 792 g/mol. The molecule has 10 heteroatoms. The number of benzene rings is 3. The number of thiazole rings is 1. The summed E-state index contributed by atoms with van der Waals surface area (Å²) in [5, 5.41) is 0. The molecule has 0 N–H and O–H groups in total. The molecule has 0 spiro atoms. The Hall–Kier alpha value is -2.97. The molecule has 0 saturated carbocycles. The predicted octanol–water partition coefficient (Wildman–Crippen LogP) is 5.60. The van der Waals surface area contributed by atoms with Gasteiger partial charge in [0.25, 0.3) is 5.56 Å². The number of carbonyl (C=O) groups is 1. The second kappa shape index (κ2) is 12.9. The largest absolute Gasteiger partial charge is 0.496 e. The Morgan fingerprint density at radius 3 is 2.44 bits per heavy atom. The summed E-state index contributed by atoms with van der Waals surface area (Å²) in [6.45, 7) is 4.20. The van der Waals surface area contributed by atoms with Gasteiger partial charge < -0.3 is 14.2 Å². The number of para-hydroxylation sites is 1. The number of rotatable bonds is 8. The smallest absolute Gasteiger partial charge is 0.338 e. The number of methoxy groups -OCH3 is 1. The van der Waals surface area contributed by atoms with Crippen LogP contribution in [-0.2, 0) is 16.1 Å². The highest BCUT2D eigenvalue weighted by atomic mass is 127. The first-order valence-electron chi connectivity index (χ1n) is 12.8. The number of fused-ring (bicyclic) bond motifs is 1. The Morgan fingerprint density at radius 1 is 1.07 bits per heavy atom. The third-order valence-corrected chi connectivity index (χ3v) is 9.08. The highest BCUT2D eigenvalue weighted by Crippen LogP contribution is 2.36. The normalized spacial score (nSPS) is 14.9. The predicted molar refractivity (Wildman–Crippen MR) is 176 cm³/mol. The van der Waals surface area contributed by atoms with Crippen LogP contribution in [0.2, 0.25) is 0 Å². The molecule has 0 saturated heterocycles. The van der Waals surface area contributed by atoms with Crippen molar-refractivity contribution in [2.45, 2.75) is 26.5 Å². The monoisotopic (exact) mass is 792 g/mol. The van der Waals surface area contributed by atoms with E-state index in [4.69, 9.17) is 14.2 Å². The zero-order valence-corrected chi connectivity index (χ0v) is 27.7. The molecule has 0 amide bonds. The second-order valence-electron chi connectivity index (χ2n) is 9.13. The van der Waals surface area contributed by atoms with Crippen molar-refractivity contribution in [3.8, 4) is 11.5 Å². The van der Waals surface area contributed by atoms with Crippen LogP contribution in [-0.4, -0.2) is 24.3 Å². The molecular weight excluding hydrogens is 766 g/mol. The maximum atomic E-state index is 14.0. The van der Waals surface area contributed by atoms with Gasteiger partial charge in [0.15, 0.2) is 4.80 Å². The average Bonchev–Trinajstić information content (AvgIpc) is 3.26. The van der Waals surface area contributed by atoms with Gasteiger partial charge in [-0.3, -0.25) is 9.36 Å². The lowest BCUT2D eigenvalue weighted by Gasteiger charge is -2.25. The van der Waals surface area contributed by atoms with Crippen LogP contribution in [0.4, 0.5) is 0 Å². The minimum Gasteiger partial charge on any atom is -0.496 e. The molecule has 0 aliphatic carbocycles. The van der Waals surface area contributed by atoms with E-state index < -0.39 is 12.0 Å². The van der Waals surface area contributed by atoms with Crippen molar-refractivity contribution in [1.82, 2.24) is 4.57 Å². The highest BCUT2D eigenvalue weighted by Gasteiger charge is 2.35. The zero-order chi connectivity index (χ0) is 29.1. The van der Waals surface area contributed by atoms with Crippen molar-refractivity contribution in [3.05, 3.63) is 122 Å². The Morgan fingerprint density at radius 2 is 1.76 bits per heavy atom. The molecule has 7 nitrogen and oxygen atoms in total. The summed E-state index contributed by atoms with van der Waals surface area (Å²) >= 11 is 5.81. The molecular formula is C31H26I2N2O5S. The minimum atomic E-state index is -0.738. The van der Waals surface area contributed by atoms with Crippen LogP contribution in [0.5, 0.6) is 11.5 Å². The van der Waals surface area contributed by atoms with E-state index in [1.54, 1.807) is 25.5 Å². The SMILES string of the molecule is CCOC(=O)C1=C(C)N=c2s/c(=C/c3cc(I)c(OCc4ccccc4)c(I)c3)c(=O)n2[C@@H]1c1ccccc1OC. The lowest BCUT2D eigenvalue weighted by atomic mass is 9.95. The van der Waals surface area contributed by atoms with Gasteiger partial charge in [0.05, 0.1) is 36.7 Å². The number of aromatic nitrogens is 1. The Labute approximate surface area is 268 Å². The molecule has 0 radical (unpaired) electrons. The van der Waals surface area contributed by atoms with Crippen LogP contribution in [0.1, 0.15) is 36.6 Å². The number of carbonyl (C=O) groups excluding carboxylic acids is 1. The molecule has 5 rings (SSSR count). The molecule has 0 unspecified atom stereocenters. The third kappa shape index (κ3) is 6.14. The first-order valence-corrected chi connectivity index (χ1v) is 15.8. The van der Waals surface area contributed by atoms with Crippen molar-refractivity contribution in [2.24, 2.45) is 4.99 Å². The number of esters is 1.